The Morgan fingerprint density at radius 1 is 1.25 bits per heavy atom. The van der Waals surface area contributed by atoms with Gasteiger partial charge in [0.15, 0.2) is 0 Å². The average molecular weight is 278 g/mol. The summed E-state index contributed by atoms with van der Waals surface area (Å²) in [5.41, 5.74) is 1.24. The molecular weight excluding hydrogens is 248 g/mol. The summed E-state index contributed by atoms with van der Waals surface area (Å²) in [4.78, 5) is 2.42. The Balaban J connectivity index is 2.80. The van der Waals surface area contributed by atoms with Crippen molar-refractivity contribution < 1.29 is 4.74 Å². The molecule has 20 heavy (non-hydrogen) atoms. The number of benzene rings is 1. The molecule has 2 unspecified atom stereocenters. The Kier molecular flexibility index (Phi) is 7.63. The van der Waals surface area contributed by atoms with Crippen LogP contribution in [0.1, 0.15) is 45.2 Å². The maximum absolute atomic E-state index is 5.75. The highest BCUT2D eigenvalue weighted by Crippen LogP contribution is 2.26. The lowest BCUT2D eigenvalue weighted by atomic mass is 10.0. The molecule has 0 aliphatic heterocycles. The van der Waals surface area contributed by atoms with Gasteiger partial charge in [-0.1, -0.05) is 31.5 Å². The monoisotopic (exact) mass is 278 g/mol. The number of ether oxygens (including phenoxy) is 1. The van der Waals surface area contributed by atoms with Gasteiger partial charge >= 0.3 is 0 Å². The van der Waals surface area contributed by atoms with Gasteiger partial charge < -0.3 is 15.0 Å². The number of nitrogens with zero attached hydrogens (tertiary/aromatic N) is 1. The number of nitrogens with one attached hydrogen (secondary N) is 1. The van der Waals surface area contributed by atoms with Crippen LogP contribution in [0.2, 0.25) is 0 Å². The van der Waals surface area contributed by atoms with Crippen LogP contribution in [0.5, 0.6) is 5.75 Å². The zero-order chi connectivity index (χ0) is 15.0. The number of hydrogen-bond donors (Lipinski definition) is 1. The molecule has 0 radical (unpaired) electrons. The number of para-hydroxylation sites is 1. The molecule has 1 rings (SSSR count). The van der Waals surface area contributed by atoms with Crippen molar-refractivity contribution in [1.82, 2.24) is 10.2 Å². The van der Waals surface area contributed by atoms with Crippen molar-refractivity contribution in [3.8, 4) is 5.75 Å². The third-order valence-electron chi connectivity index (χ3n) is 3.87. The van der Waals surface area contributed by atoms with Crippen LogP contribution in [0.25, 0.3) is 0 Å². The maximum Gasteiger partial charge on any atom is 0.124 e. The summed E-state index contributed by atoms with van der Waals surface area (Å²) in [7, 11) is 4.22. The number of hydrogen-bond acceptors (Lipinski definition) is 3. The first-order valence-electron chi connectivity index (χ1n) is 7.73. The minimum absolute atomic E-state index is 0.294. The molecule has 0 saturated carbocycles. The van der Waals surface area contributed by atoms with Gasteiger partial charge in [0.25, 0.3) is 0 Å². The molecule has 0 bridgehead atoms. The van der Waals surface area contributed by atoms with Crippen LogP contribution in [-0.2, 0) is 0 Å². The van der Waals surface area contributed by atoms with Crippen molar-refractivity contribution in [2.45, 2.75) is 45.7 Å². The summed E-state index contributed by atoms with van der Waals surface area (Å²) in [6.07, 6.45) is 2.46. The van der Waals surface area contributed by atoms with Crippen molar-refractivity contribution in [2.75, 3.05) is 27.2 Å². The van der Waals surface area contributed by atoms with Crippen molar-refractivity contribution in [3.63, 3.8) is 0 Å². The van der Waals surface area contributed by atoms with Crippen LogP contribution in [0, 0.1) is 0 Å². The molecule has 0 saturated heterocycles. The van der Waals surface area contributed by atoms with Gasteiger partial charge in [-0.15, -0.1) is 0 Å². The highest BCUT2D eigenvalue weighted by molar-refractivity contribution is 5.36. The van der Waals surface area contributed by atoms with E-state index >= 15 is 0 Å². The number of likely N-dealkylation sites (N-methyl/N-ethyl adjacent to an activating group) is 2. The molecule has 0 amide bonds. The Hall–Kier alpha value is -1.06. The van der Waals surface area contributed by atoms with E-state index in [0.29, 0.717) is 18.7 Å². The first kappa shape index (κ1) is 17.0. The Morgan fingerprint density at radius 2 is 1.95 bits per heavy atom. The quantitative estimate of drug-likeness (QED) is 0.748. The van der Waals surface area contributed by atoms with Gasteiger partial charge in [-0.05, 0) is 40.4 Å². The second kappa shape index (κ2) is 8.98. The molecule has 1 aromatic rings. The predicted molar refractivity (Wildman–Crippen MR) is 86.4 cm³/mol. The fourth-order valence-corrected chi connectivity index (χ4v) is 2.51. The fraction of sp³-hybridized carbons (Fsp3) is 0.647. The lowest BCUT2D eigenvalue weighted by Crippen LogP contribution is -2.36. The number of rotatable bonds is 9. The highest BCUT2D eigenvalue weighted by atomic mass is 16.5. The fourth-order valence-electron chi connectivity index (χ4n) is 2.51. The van der Waals surface area contributed by atoms with Crippen molar-refractivity contribution in [2.24, 2.45) is 0 Å². The van der Waals surface area contributed by atoms with Gasteiger partial charge in [0.05, 0.1) is 6.61 Å². The Bertz CT molecular complexity index is 381. The summed E-state index contributed by atoms with van der Waals surface area (Å²) < 4.78 is 5.75. The molecule has 2 atom stereocenters. The third-order valence-corrected chi connectivity index (χ3v) is 3.87. The van der Waals surface area contributed by atoms with Gasteiger partial charge in [0, 0.05) is 24.2 Å². The van der Waals surface area contributed by atoms with Gasteiger partial charge in [0.2, 0.25) is 0 Å². The maximum atomic E-state index is 5.75. The van der Waals surface area contributed by atoms with Gasteiger partial charge in [-0.25, -0.2) is 0 Å². The Labute approximate surface area is 124 Å². The van der Waals surface area contributed by atoms with Crippen molar-refractivity contribution >= 4 is 0 Å². The van der Waals surface area contributed by atoms with E-state index in [-0.39, 0.29) is 0 Å². The lowest BCUT2D eigenvalue weighted by Gasteiger charge is -2.29. The van der Waals surface area contributed by atoms with E-state index in [9.17, 15) is 0 Å². The van der Waals surface area contributed by atoms with Gasteiger partial charge in [-0.3, -0.25) is 0 Å². The van der Waals surface area contributed by atoms with E-state index in [1.54, 1.807) is 0 Å². The highest BCUT2D eigenvalue weighted by Gasteiger charge is 2.18. The minimum atomic E-state index is 0.294. The van der Waals surface area contributed by atoms with Gasteiger partial charge in [0.1, 0.15) is 5.75 Å². The van der Waals surface area contributed by atoms with Crippen LogP contribution < -0.4 is 10.1 Å². The largest absolute Gasteiger partial charge is 0.494 e. The van der Waals surface area contributed by atoms with Crippen LogP contribution >= 0.6 is 0 Å². The smallest absolute Gasteiger partial charge is 0.124 e. The molecule has 3 nitrogen and oxygen atoms in total. The summed E-state index contributed by atoms with van der Waals surface area (Å²) in [5, 5.41) is 3.42. The predicted octanol–water partition coefficient (Wildman–Crippen LogP) is 3.47. The standard InChI is InChI=1S/C17H30N2O/c1-6-10-14(3)19(5)13-16(18-4)15-11-8-9-12-17(15)20-7-2/h8-9,11-12,14,16,18H,6-7,10,13H2,1-5H3. The van der Waals surface area contributed by atoms with Crippen LogP contribution in [0.4, 0.5) is 0 Å². The second-order valence-corrected chi connectivity index (χ2v) is 5.39. The minimum Gasteiger partial charge on any atom is -0.494 e. The van der Waals surface area contributed by atoms with E-state index in [1.807, 2.05) is 20.0 Å². The normalized spacial score (nSPS) is 14.3. The molecule has 0 spiro atoms. The molecule has 0 heterocycles. The van der Waals surface area contributed by atoms with Crippen molar-refractivity contribution in [3.05, 3.63) is 29.8 Å². The van der Waals surface area contributed by atoms with Gasteiger partial charge in [-0.2, -0.15) is 0 Å². The van der Waals surface area contributed by atoms with E-state index in [0.717, 1.165) is 12.3 Å². The summed E-state index contributed by atoms with van der Waals surface area (Å²) in [5.74, 6) is 0.992. The zero-order valence-corrected chi connectivity index (χ0v) is 13.6. The van der Waals surface area contributed by atoms with E-state index in [2.05, 4.69) is 49.3 Å². The Morgan fingerprint density at radius 3 is 2.55 bits per heavy atom. The van der Waals surface area contributed by atoms with Crippen LogP contribution in [0.3, 0.4) is 0 Å². The third kappa shape index (κ3) is 4.80. The molecule has 0 aromatic heterocycles. The van der Waals surface area contributed by atoms with E-state index < -0.39 is 0 Å². The SMILES string of the molecule is CCCC(C)N(C)CC(NC)c1ccccc1OCC. The second-order valence-electron chi connectivity index (χ2n) is 5.39. The lowest BCUT2D eigenvalue weighted by molar-refractivity contribution is 0.219. The average Bonchev–Trinajstić information content (AvgIpc) is 2.46. The molecule has 0 aliphatic rings. The molecular formula is C17H30N2O. The van der Waals surface area contributed by atoms with Crippen molar-refractivity contribution in [1.29, 1.82) is 0 Å². The molecule has 1 aromatic carbocycles. The first-order valence-corrected chi connectivity index (χ1v) is 7.73. The molecule has 0 fully saturated rings. The molecule has 0 aliphatic carbocycles. The van der Waals surface area contributed by atoms with Crippen LogP contribution in [-0.4, -0.2) is 38.2 Å². The molecule has 3 heteroatoms. The molecule has 1 N–H and O–H groups in total. The van der Waals surface area contributed by atoms with E-state index in [1.165, 1.54) is 18.4 Å². The first-order chi connectivity index (χ1) is 9.63. The topological polar surface area (TPSA) is 24.5 Å². The summed E-state index contributed by atoms with van der Waals surface area (Å²) in [6.45, 7) is 8.26. The van der Waals surface area contributed by atoms with Crippen LogP contribution in [0.15, 0.2) is 24.3 Å². The zero-order valence-electron chi connectivity index (χ0n) is 13.6. The summed E-state index contributed by atoms with van der Waals surface area (Å²) in [6, 6.07) is 9.22. The molecule has 114 valence electrons. The van der Waals surface area contributed by atoms with E-state index in [4.69, 9.17) is 4.74 Å². The summed E-state index contributed by atoms with van der Waals surface area (Å²) >= 11 is 0.